The molecule has 0 saturated carbocycles. The van der Waals surface area contributed by atoms with E-state index in [1.807, 2.05) is 0 Å². The van der Waals surface area contributed by atoms with Gasteiger partial charge >= 0.3 is 5.97 Å². The third kappa shape index (κ3) is 2.42. The molecule has 6 heteroatoms. The van der Waals surface area contributed by atoms with Crippen LogP contribution in [0.4, 0.5) is 0 Å². The van der Waals surface area contributed by atoms with Crippen molar-refractivity contribution in [2.75, 3.05) is 13.7 Å². The van der Waals surface area contributed by atoms with Crippen molar-refractivity contribution in [1.29, 1.82) is 0 Å². The number of methoxy groups -OCH3 is 1. The van der Waals surface area contributed by atoms with Crippen molar-refractivity contribution in [3.8, 4) is 0 Å². The zero-order valence-electron chi connectivity index (χ0n) is 9.46. The highest BCUT2D eigenvalue weighted by Gasteiger charge is 2.08. The average Bonchev–Trinajstić information content (AvgIpc) is 2.72. The molecule has 1 aromatic carbocycles. The molecular formula is C11H13N3O3. The maximum absolute atomic E-state index is 10.8. The Labute approximate surface area is 97.8 Å². The lowest BCUT2D eigenvalue weighted by Crippen LogP contribution is -2.03. The number of hydrogen-bond acceptors (Lipinski definition) is 4. The van der Waals surface area contributed by atoms with E-state index in [4.69, 9.17) is 9.84 Å². The number of hydrogen-bond donors (Lipinski definition) is 1. The smallest absolute Gasteiger partial charge is 0.335 e. The number of nitrogens with zero attached hydrogens (tertiary/aromatic N) is 3. The SMILES string of the molecule is COCCCn1nnc2cc(C(=O)O)ccc21. The van der Waals surface area contributed by atoms with Gasteiger partial charge in [0.25, 0.3) is 0 Å². The molecule has 17 heavy (non-hydrogen) atoms. The van der Waals surface area contributed by atoms with E-state index in [0.717, 1.165) is 11.9 Å². The Morgan fingerprint density at radius 1 is 1.53 bits per heavy atom. The van der Waals surface area contributed by atoms with E-state index in [0.29, 0.717) is 18.7 Å². The molecule has 0 bridgehead atoms. The second-order valence-electron chi connectivity index (χ2n) is 3.67. The lowest BCUT2D eigenvalue weighted by Gasteiger charge is -2.01. The number of carboxylic acids is 1. The minimum absolute atomic E-state index is 0.224. The van der Waals surface area contributed by atoms with Crippen molar-refractivity contribution < 1.29 is 14.6 Å². The van der Waals surface area contributed by atoms with Gasteiger partial charge in [-0.25, -0.2) is 9.48 Å². The summed E-state index contributed by atoms with van der Waals surface area (Å²) in [5, 5.41) is 16.8. The minimum Gasteiger partial charge on any atom is -0.478 e. The van der Waals surface area contributed by atoms with Gasteiger partial charge in [-0.05, 0) is 24.6 Å². The zero-order valence-corrected chi connectivity index (χ0v) is 9.46. The van der Waals surface area contributed by atoms with Gasteiger partial charge < -0.3 is 9.84 Å². The molecule has 0 saturated heterocycles. The number of rotatable bonds is 5. The van der Waals surface area contributed by atoms with E-state index < -0.39 is 5.97 Å². The number of carboxylic acid groups (broad SMARTS) is 1. The summed E-state index contributed by atoms with van der Waals surface area (Å²) < 4.78 is 6.71. The van der Waals surface area contributed by atoms with Crippen LogP contribution < -0.4 is 0 Å². The molecule has 0 aliphatic carbocycles. The lowest BCUT2D eigenvalue weighted by atomic mass is 10.2. The Morgan fingerprint density at radius 2 is 2.35 bits per heavy atom. The number of aromatic nitrogens is 3. The van der Waals surface area contributed by atoms with Crippen LogP contribution in [-0.4, -0.2) is 39.8 Å². The van der Waals surface area contributed by atoms with Gasteiger partial charge in [-0.3, -0.25) is 0 Å². The summed E-state index contributed by atoms with van der Waals surface area (Å²) in [4.78, 5) is 10.8. The highest BCUT2D eigenvalue weighted by atomic mass is 16.5. The molecule has 6 nitrogen and oxygen atoms in total. The van der Waals surface area contributed by atoms with Crippen LogP contribution in [0.15, 0.2) is 18.2 Å². The second kappa shape index (κ2) is 4.92. The van der Waals surface area contributed by atoms with Crippen LogP contribution in [0, 0.1) is 0 Å². The van der Waals surface area contributed by atoms with Gasteiger partial charge in [-0.15, -0.1) is 5.10 Å². The molecule has 0 aliphatic heterocycles. The van der Waals surface area contributed by atoms with Gasteiger partial charge in [0.1, 0.15) is 5.52 Å². The number of aromatic carboxylic acids is 1. The van der Waals surface area contributed by atoms with E-state index in [-0.39, 0.29) is 5.56 Å². The molecule has 0 fully saturated rings. The number of benzene rings is 1. The monoisotopic (exact) mass is 235 g/mol. The predicted molar refractivity (Wildman–Crippen MR) is 61.0 cm³/mol. The molecular weight excluding hydrogens is 222 g/mol. The van der Waals surface area contributed by atoms with E-state index in [2.05, 4.69) is 10.3 Å². The first-order chi connectivity index (χ1) is 8.22. The van der Waals surface area contributed by atoms with Crippen LogP contribution in [0.1, 0.15) is 16.8 Å². The summed E-state index contributed by atoms with van der Waals surface area (Å²) in [5.74, 6) is -0.958. The van der Waals surface area contributed by atoms with Crippen molar-refractivity contribution in [2.24, 2.45) is 0 Å². The minimum atomic E-state index is -0.958. The van der Waals surface area contributed by atoms with Crippen LogP contribution in [0.3, 0.4) is 0 Å². The van der Waals surface area contributed by atoms with Gasteiger partial charge in [0, 0.05) is 20.3 Å². The first-order valence-electron chi connectivity index (χ1n) is 5.28. The highest BCUT2D eigenvalue weighted by molar-refractivity contribution is 5.92. The largest absolute Gasteiger partial charge is 0.478 e. The first-order valence-corrected chi connectivity index (χ1v) is 5.28. The van der Waals surface area contributed by atoms with Gasteiger partial charge in [0.05, 0.1) is 11.1 Å². The van der Waals surface area contributed by atoms with Crippen LogP contribution in [0.25, 0.3) is 11.0 Å². The van der Waals surface area contributed by atoms with Crippen LogP contribution in [0.2, 0.25) is 0 Å². The molecule has 0 amide bonds. The molecule has 0 atom stereocenters. The van der Waals surface area contributed by atoms with Gasteiger partial charge in [0.15, 0.2) is 0 Å². The van der Waals surface area contributed by atoms with Crippen molar-refractivity contribution in [3.63, 3.8) is 0 Å². The van der Waals surface area contributed by atoms with Gasteiger partial charge in [-0.1, -0.05) is 5.21 Å². The topological polar surface area (TPSA) is 77.2 Å². The molecule has 2 rings (SSSR count). The third-order valence-corrected chi connectivity index (χ3v) is 2.48. The molecule has 2 aromatic rings. The van der Waals surface area contributed by atoms with E-state index >= 15 is 0 Å². The van der Waals surface area contributed by atoms with Gasteiger partial charge in [0.2, 0.25) is 0 Å². The van der Waals surface area contributed by atoms with E-state index in [9.17, 15) is 4.79 Å². The van der Waals surface area contributed by atoms with Crippen molar-refractivity contribution >= 4 is 17.0 Å². The molecule has 90 valence electrons. The van der Waals surface area contributed by atoms with E-state index in [1.165, 1.54) is 6.07 Å². The predicted octanol–water partition coefficient (Wildman–Crippen LogP) is 1.17. The number of fused-ring (bicyclic) bond motifs is 1. The van der Waals surface area contributed by atoms with E-state index in [1.54, 1.807) is 23.9 Å². The fourth-order valence-corrected chi connectivity index (χ4v) is 1.63. The van der Waals surface area contributed by atoms with Crippen LogP contribution in [0.5, 0.6) is 0 Å². The fourth-order valence-electron chi connectivity index (χ4n) is 1.63. The molecule has 0 spiro atoms. The Balaban J connectivity index is 2.25. The Morgan fingerprint density at radius 3 is 3.06 bits per heavy atom. The summed E-state index contributed by atoms with van der Waals surface area (Å²) in [6, 6.07) is 4.81. The molecule has 1 aromatic heterocycles. The third-order valence-electron chi connectivity index (χ3n) is 2.48. The van der Waals surface area contributed by atoms with Crippen LogP contribution >= 0.6 is 0 Å². The summed E-state index contributed by atoms with van der Waals surface area (Å²) in [5.41, 5.74) is 1.66. The maximum atomic E-state index is 10.8. The fraction of sp³-hybridized carbons (Fsp3) is 0.364. The number of carbonyl (C=O) groups is 1. The molecule has 0 radical (unpaired) electrons. The van der Waals surface area contributed by atoms with Crippen molar-refractivity contribution in [3.05, 3.63) is 23.8 Å². The van der Waals surface area contributed by atoms with Gasteiger partial charge in [-0.2, -0.15) is 0 Å². The number of ether oxygens (including phenoxy) is 1. The average molecular weight is 235 g/mol. The first kappa shape index (κ1) is 11.5. The Bertz CT molecular complexity index is 536. The number of aryl methyl sites for hydroxylation is 1. The maximum Gasteiger partial charge on any atom is 0.335 e. The summed E-state index contributed by atoms with van der Waals surface area (Å²) in [7, 11) is 1.65. The quantitative estimate of drug-likeness (QED) is 0.787. The summed E-state index contributed by atoms with van der Waals surface area (Å²) in [6.45, 7) is 1.37. The summed E-state index contributed by atoms with van der Waals surface area (Å²) in [6.07, 6.45) is 0.843. The molecule has 0 unspecified atom stereocenters. The molecule has 0 aliphatic rings. The summed E-state index contributed by atoms with van der Waals surface area (Å²) >= 11 is 0. The molecule has 1 N–H and O–H groups in total. The molecule has 1 heterocycles. The standard InChI is InChI=1S/C11H13N3O3/c1-17-6-2-5-14-10-4-3-8(11(15)16)7-9(10)12-13-14/h3-4,7H,2,5-6H2,1H3,(H,15,16). The second-order valence-corrected chi connectivity index (χ2v) is 3.67. The van der Waals surface area contributed by atoms with Crippen LogP contribution in [-0.2, 0) is 11.3 Å². The zero-order chi connectivity index (χ0) is 12.3. The van der Waals surface area contributed by atoms with Crippen molar-refractivity contribution in [1.82, 2.24) is 15.0 Å². The lowest BCUT2D eigenvalue weighted by molar-refractivity contribution is 0.0697. The normalized spacial score (nSPS) is 10.9. The highest BCUT2D eigenvalue weighted by Crippen LogP contribution is 2.13. The Hall–Kier alpha value is -1.95. The Kier molecular flexibility index (Phi) is 3.34. The van der Waals surface area contributed by atoms with Crippen molar-refractivity contribution in [2.45, 2.75) is 13.0 Å².